The van der Waals surface area contributed by atoms with Gasteiger partial charge in [0, 0.05) is 31.9 Å². The molecule has 0 radical (unpaired) electrons. The van der Waals surface area contributed by atoms with Gasteiger partial charge in [0.05, 0.1) is 18.2 Å². The van der Waals surface area contributed by atoms with E-state index in [9.17, 15) is 0 Å². The van der Waals surface area contributed by atoms with Crippen LogP contribution in [0, 0.1) is 0 Å². The van der Waals surface area contributed by atoms with Gasteiger partial charge in [-0.05, 0) is 24.8 Å². The van der Waals surface area contributed by atoms with Crippen molar-refractivity contribution in [3.63, 3.8) is 0 Å². The second-order valence-electron chi connectivity index (χ2n) is 6.53. The molecule has 2 aliphatic heterocycles. The summed E-state index contributed by atoms with van der Waals surface area (Å²) in [6, 6.07) is 0.327. The molecule has 2 fully saturated rings. The Balaban J connectivity index is 1.48. The first kappa shape index (κ1) is 14.6. The quantitative estimate of drug-likeness (QED) is 0.858. The number of hydrogen-bond donors (Lipinski definition) is 0. The van der Waals surface area contributed by atoms with Crippen molar-refractivity contribution in [3.8, 4) is 0 Å². The summed E-state index contributed by atoms with van der Waals surface area (Å²) in [6.45, 7) is 4.69. The lowest BCUT2D eigenvalue weighted by atomic mass is 9.89. The van der Waals surface area contributed by atoms with E-state index in [1.165, 1.54) is 5.56 Å². The molecule has 7 heteroatoms. The molecule has 0 amide bonds. The molecule has 0 saturated carbocycles. The molecule has 0 aliphatic carbocycles. The summed E-state index contributed by atoms with van der Waals surface area (Å²) in [5.74, 6) is 0.817. The molecule has 2 aromatic heterocycles. The summed E-state index contributed by atoms with van der Waals surface area (Å²) >= 11 is 0. The van der Waals surface area contributed by atoms with Crippen LogP contribution in [0.4, 0.5) is 5.95 Å². The lowest BCUT2D eigenvalue weighted by Crippen LogP contribution is -2.48. The number of nitrogens with zero attached hydrogens (tertiary/aromatic N) is 6. The summed E-state index contributed by atoms with van der Waals surface area (Å²) in [6.07, 6.45) is 11.6. The number of hydrogen-bond acceptors (Lipinski definition) is 6. The average Bonchev–Trinajstić information content (AvgIpc) is 3.25. The Hall–Kier alpha value is -2.02. The molecule has 23 heavy (non-hydrogen) atoms. The van der Waals surface area contributed by atoms with Crippen molar-refractivity contribution in [1.29, 1.82) is 0 Å². The van der Waals surface area contributed by atoms with Gasteiger partial charge in [0.15, 0.2) is 0 Å². The zero-order valence-electron chi connectivity index (χ0n) is 13.4. The molecule has 2 aliphatic rings. The van der Waals surface area contributed by atoms with Crippen LogP contribution in [-0.4, -0.2) is 50.0 Å². The lowest BCUT2D eigenvalue weighted by Gasteiger charge is -2.39. The van der Waals surface area contributed by atoms with Gasteiger partial charge in [-0.2, -0.15) is 0 Å². The summed E-state index contributed by atoms with van der Waals surface area (Å²) in [5, 5.41) is 7.81. The van der Waals surface area contributed by atoms with Gasteiger partial charge in [-0.15, -0.1) is 10.2 Å². The van der Waals surface area contributed by atoms with Gasteiger partial charge in [-0.25, -0.2) is 9.97 Å². The van der Waals surface area contributed by atoms with Crippen molar-refractivity contribution in [2.45, 2.75) is 44.2 Å². The molecule has 0 bridgehead atoms. The van der Waals surface area contributed by atoms with Crippen molar-refractivity contribution >= 4 is 5.95 Å². The Morgan fingerprint density at radius 2 is 2.04 bits per heavy atom. The highest BCUT2D eigenvalue weighted by molar-refractivity contribution is 5.32. The number of piperidine rings is 1. The minimum Gasteiger partial charge on any atom is -0.371 e. The average molecular weight is 314 g/mol. The van der Waals surface area contributed by atoms with E-state index >= 15 is 0 Å². The number of anilines is 1. The molecule has 0 unspecified atom stereocenters. The molecule has 4 heterocycles. The van der Waals surface area contributed by atoms with Gasteiger partial charge in [0.2, 0.25) is 5.95 Å². The zero-order valence-corrected chi connectivity index (χ0v) is 13.4. The van der Waals surface area contributed by atoms with Crippen LogP contribution in [0.3, 0.4) is 0 Å². The first-order chi connectivity index (χ1) is 11.3. The van der Waals surface area contributed by atoms with Crippen molar-refractivity contribution < 1.29 is 4.74 Å². The summed E-state index contributed by atoms with van der Waals surface area (Å²) in [7, 11) is 0. The lowest BCUT2D eigenvalue weighted by molar-refractivity contribution is -0.00719. The Bertz CT molecular complexity index is 643. The molecular weight excluding hydrogens is 292 g/mol. The van der Waals surface area contributed by atoms with Crippen LogP contribution in [0.15, 0.2) is 25.0 Å². The molecule has 1 spiro atoms. The Morgan fingerprint density at radius 1 is 1.26 bits per heavy atom. The highest BCUT2D eigenvalue weighted by Gasteiger charge is 2.44. The third-order valence-corrected chi connectivity index (χ3v) is 4.97. The smallest absolute Gasteiger partial charge is 0.225 e. The third-order valence-electron chi connectivity index (χ3n) is 4.97. The highest BCUT2D eigenvalue weighted by atomic mass is 16.5. The first-order valence-corrected chi connectivity index (χ1v) is 8.32. The fourth-order valence-electron chi connectivity index (χ4n) is 3.66. The monoisotopic (exact) mass is 314 g/mol. The number of ether oxygens (including phenoxy) is 1. The van der Waals surface area contributed by atoms with Gasteiger partial charge in [0.1, 0.15) is 12.7 Å². The Labute approximate surface area is 135 Å². The highest BCUT2D eigenvalue weighted by Crippen LogP contribution is 2.39. The van der Waals surface area contributed by atoms with Crippen molar-refractivity contribution in [3.05, 3.63) is 30.6 Å². The molecule has 0 aromatic carbocycles. The maximum Gasteiger partial charge on any atom is 0.225 e. The number of rotatable bonds is 3. The molecule has 2 saturated heterocycles. The maximum absolute atomic E-state index is 6.24. The van der Waals surface area contributed by atoms with Crippen LogP contribution in [0.5, 0.6) is 0 Å². The van der Waals surface area contributed by atoms with E-state index < -0.39 is 0 Å². The second kappa shape index (κ2) is 5.88. The minimum atomic E-state index is -0.0972. The van der Waals surface area contributed by atoms with Crippen LogP contribution in [-0.2, 0) is 11.2 Å². The summed E-state index contributed by atoms with van der Waals surface area (Å²) < 4.78 is 8.30. The first-order valence-electron chi connectivity index (χ1n) is 8.32. The van der Waals surface area contributed by atoms with Crippen molar-refractivity contribution in [2.75, 3.05) is 24.6 Å². The van der Waals surface area contributed by atoms with E-state index in [0.717, 1.165) is 51.3 Å². The van der Waals surface area contributed by atoms with Crippen molar-refractivity contribution in [1.82, 2.24) is 24.7 Å². The Kier molecular flexibility index (Phi) is 3.72. The topological polar surface area (TPSA) is 69.0 Å². The van der Waals surface area contributed by atoms with Crippen LogP contribution < -0.4 is 4.90 Å². The van der Waals surface area contributed by atoms with Gasteiger partial charge < -0.3 is 14.2 Å². The zero-order chi connectivity index (χ0) is 15.7. The van der Waals surface area contributed by atoms with Crippen LogP contribution >= 0.6 is 0 Å². The van der Waals surface area contributed by atoms with Crippen LogP contribution in [0.25, 0.3) is 0 Å². The van der Waals surface area contributed by atoms with E-state index in [-0.39, 0.29) is 5.60 Å². The standard InChI is InChI=1S/C16H22N6O/c1-2-13-7-17-15(18-8-13)21-5-3-4-16(10-21)6-14(9-23-16)22-11-19-20-12-22/h7-8,11-12,14H,2-6,9-10H2,1H3/t14-,16-/m1/s1. The maximum atomic E-state index is 6.24. The van der Waals surface area contributed by atoms with Crippen LogP contribution in [0.1, 0.15) is 37.8 Å². The van der Waals surface area contributed by atoms with E-state index in [0.29, 0.717) is 6.04 Å². The van der Waals surface area contributed by atoms with E-state index in [2.05, 4.69) is 36.6 Å². The predicted molar refractivity (Wildman–Crippen MR) is 85.2 cm³/mol. The van der Waals surface area contributed by atoms with E-state index in [1.807, 2.05) is 12.4 Å². The van der Waals surface area contributed by atoms with Crippen LogP contribution in [0.2, 0.25) is 0 Å². The minimum absolute atomic E-state index is 0.0972. The molecule has 4 rings (SSSR count). The van der Waals surface area contributed by atoms with Gasteiger partial charge in [0.25, 0.3) is 0 Å². The molecule has 2 atom stereocenters. The largest absolute Gasteiger partial charge is 0.371 e. The third kappa shape index (κ3) is 2.81. The molecule has 2 aromatic rings. The Morgan fingerprint density at radius 3 is 2.78 bits per heavy atom. The summed E-state index contributed by atoms with van der Waals surface area (Å²) in [5.41, 5.74) is 1.07. The molecule has 122 valence electrons. The van der Waals surface area contributed by atoms with Crippen molar-refractivity contribution in [2.24, 2.45) is 0 Å². The van der Waals surface area contributed by atoms with Gasteiger partial charge in [-0.3, -0.25) is 0 Å². The number of aromatic nitrogens is 5. The van der Waals surface area contributed by atoms with Gasteiger partial charge in [-0.1, -0.05) is 6.92 Å². The summed E-state index contributed by atoms with van der Waals surface area (Å²) in [4.78, 5) is 11.3. The molecule has 0 N–H and O–H groups in total. The fraction of sp³-hybridized carbons (Fsp3) is 0.625. The fourth-order valence-corrected chi connectivity index (χ4v) is 3.66. The van der Waals surface area contributed by atoms with Gasteiger partial charge >= 0.3 is 0 Å². The van der Waals surface area contributed by atoms with E-state index in [4.69, 9.17) is 4.74 Å². The number of aryl methyl sites for hydroxylation is 1. The predicted octanol–water partition coefficient (Wildman–Crippen LogP) is 1.63. The molecule has 7 nitrogen and oxygen atoms in total. The SMILES string of the molecule is CCc1cnc(N2CCC[C@@]3(C[C@@H](n4cnnc4)CO3)C2)nc1. The molecular formula is C16H22N6O. The normalized spacial score (nSPS) is 27.7. The second-order valence-corrected chi connectivity index (χ2v) is 6.53. The van der Waals surface area contributed by atoms with E-state index in [1.54, 1.807) is 12.7 Å².